The smallest absolute Gasteiger partial charge is 0.311 e. The Hall–Kier alpha value is -1.56. The maximum absolute atomic E-state index is 10.8. The van der Waals surface area contributed by atoms with Gasteiger partial charge in [0.15, 0.2) is 0 Å². The van der Waals surface area contributed by atoms with Gasteiger partial charge in [0.05, 0.1) is 4.92 Å². The van der Waals surface area contributed by atoms with Crippen molar-refractivity contribution in [1.29, 1.82) is 0 Å². The zero-order valence-corrected chi connectivity index (χ0v) is 10.5. The molecule has 0 fully saturated rings. The highest BCUT2D eigenvalue weighted by Gasteiger charge is 2.14. The van der Waals surface area contributed by atoms with Crippen LogP contribution in [-0.2, 0) is 0 Å². The van der Waals surface area contributed by atoms with Gasteiger partial charge in [-0.2, -0.15) is 11.8 Å². The Bertz CT molecular complexity index is 410. The molecule has 1 rings (SSSR count). The van der Waals surface area contributed by atoms with E-state index in [0.29, 0.717) is 12.4 Å². The van der Waals surface area contributed by atoms with Crippen LogP contribution in [0.25, 0.3) is 0 Å². The van der Waals surface area contributed by atoms with Crippen molar-refractivity contribution in [2.24, 2.45) is 0 Å². The zero-order chi connectivity index (χ0) is 12.7. The number of aryl methyl sites for hydroxylation is 1. The lowest BCUT2D eigenvalue weighted by Gasteiger charge is -2.05. The number of nitro groups is 1. The van der Waals surface area contributed by atoms with E-state index in [2.05, 4.69) is 16.9 Å². The number of aromatic nitrogens is 1. The number of rotatable bonds is 7. The maximum Gasteiger partial charge on any atom is 0.311 e. The fourth-order valence-electron chi connectivity index (χ4n) is 1.24. The van der Waals surface area contributed by atoms with Crippen molar-refractivity contribution in [1.82, 2.24) is 4.98 Å². The Morgan fingerprint density at radius 1 is 1.71 bits per heavy atom. The summed E-state index contributed by atoms with van der Waals surface area (Å²) in [5.41, 5.74) is 0.807. The van der Waals surface area contributed by atoms with Gasteiger partial charge in [-0.15, -0.1) is 6.58 Å². The number of nitrogens with zero attached hydrogens (tertiary/aromatic N) is 2. The summed E-state index contributed by atoms with van der Waals surface area (Å²) in [6, 6.07) is 1.52. The molecule has 17 heavy (non-hydrogen) atoms. The molecule has 1 aromatic rings. The standard InChI is InChI=1S/C11H15N3O2S/c1-3-5-17-6-4-12-11-10(14(15)16)7-9(2)8-13-11/h3,7-8H,1,4-6H2,2H3,(H,12,13). The van der Waals surface area contributed by atoms with Crippen molar-refractivity contribution in [2.75, 3.05) is 23.4 Å². The van der Waals surface area contributed by atoms with E-state index in [1.54, 1.807) is 24.9 Å². The van der Waals surface area contributed by atoms with E-state index in [1.165, 1.54) is 6.07 Å². The van der Waals surface area contributed by atoms with Gasteiger partial charge < -0.3 is 5.32 Å². The van der Waals surface area contributed by atoms with Crippen LogP contribution in [0.5, 0.6) is 0 Å². The molecule has 6 heteroatoms. The third-order valence-corrected chi connectivity index (χ3v) is 2.94. The van der Waals surface area contributed by atoms with Gasteiger partial charge in [0.2, 0.25) is 5.82 Å². The molecular formula is C11H15N3O2S. The fraction of sp³-hybridized carbons (Fsp3) is 0.364. The van der Waals surface area contributed by atoms with E-state index in [1.807, 2.05) is 6.08 Å². The predicted octanol–water partition coefficient (Wildman–Crippen LogP) is 2.63. The molecule has 5 nitrogen and oxygen atoms in total. The molecule has 0 amide bonds. The minimum Gasteiger partial charge on any atom is -0.364 e. The average Bonchev–Trinajstić information content (AvgIpc) is 2.30. The Morgan fingerprint density at radius 3 is 3.12 bits per heavy atom. The number of nitrogens with one attached hydrogen (secondary N) is 1. The monoisotopic (exact) mass is 253 g/mol. The van der Waals surface area contributed by atoms with E-state index >= 15 is 0 Å². The van der Waals surface area contributed by atoms with E-state index in [4.69, 9.17) is 0 Å². The van der Waals surface area contributed by atoms with Crippen molar-refractivity contribution >= 4 is 23.3 Å². The first-order valence-corrected chi connectivity index (χ1v) is 6.34. The minimum atomic E-state index is -0.417. The summed E-state index contributed by atoms with van der Waals surface area (Å²) < 4.78 is 0. The van der Waals surface area contributed by atoms with Gasteiger partial charge in [0.25, 0.3) is 0 Å². The third-order valence-electron chi connectivity index (χ3n) is 1.98. The van der Waals surface area contributed by atoms with Gasteiger partial charge in [-0.1, -0.05) is 6.08 Å². The SMILES string of the molecule is C=CCSCCNc1ncc(C)cc1[N+](=O)[O-]. The normalized spacial score (nSPS) is 9.94. The number of anilines is 1. The summed E-state index contributed by atoms with van der Waals surface area (Å²) in [6.07, 6.45) is 3.45. The van der Waals surface area contributed by atoms with Gasteiger partial charge in [0.1, 0.15) is 0 Å². The van der Waals surface area contributed by atoms with Crippen LogP contribution in [0, 0.1) is 17.0 Å². The molecule has 0 unspecified atom stereocenters. The maximum atomic E-state index is 10.8. The quantitative estimate of drug-likeness (QED) is 0.350. The predicted molar refractivity (Wildman–Crippen MR) is 71.6 cm³/mol. The van der Waals surface area contributed by atoms with Crippen molar-refractivity contribution < 1.29 is 4.92 Å². The molecule has 0 aliphatic heterocycles. The summed E-state index contributed by atoms with van der Waals surface area (Å²) >= 11 is 1.71. The largest absolute Gasteiger partial charge is 0.364 e. The highest BCUT2D eigenvalue weighted by Crippen LogP contribution is 2.22. The molecule has 0 aliphatic rings. The number of hydrogen-bond acceptors (Lipinski definition) is 5. The molecule has 0 saturated heterocycles. The van der Waals surface area contributed by atoms with Gasteiger partial charge in [0, 0.05) is 30.3 Å². The average molecular weight is 253 g/mol. The second kappa shape index (κ2) is 6.90. The van der Waals surface area contributed by atoms with Crippen LogP contribution in [0.4, 0.5) is 11.5 Å². The molecule has 0 radical (unpaired) electrons. The first-order chi connectivity index (χ1) is 8.15. The van der Waals surface area contributed by atoms with Gasteiger partial charge >= 0.3 is 5.69 Å². The van der Waals surface area contributed by atoms with Gasteiger partial charge in [-0.3, -0.25) is 10.1 Å². The molecule has 1 aromatic heterocycles. The molecule has 1 N–H and O–H groups in total. The Labute approximate surface area is 104 Å². The lowest BCUT2D eigenvalue weighted by molar-refractivity contribution is -0.384. The molecule has 1 heterocycles. The van der Waals surface area contributed by atoms with Crippen LogP contribution in [-0.4, -0.2) is 28.0 Å². The highest BCUT2D eigenvalue weighted by molar-refractivity contribution is 7.99. The minimum absolute atomic E-state index is 0.0266. The van der Waals surface area contributed by atoms with E-state index in [0.717, 1.165) is 17.1 Å². The van der Waals surface area contributed by atoms with Crippen LogP contribution < -0.4 is 5.32 Å². The van der Waals surface area contributed by atoms with Crippen LogP contribution in [0.2, 0.25) is 0 Å². The van der Waals surface area contributed by atoms with Crippen molar-refractivity contribution in [3.8, 4) is 0 Å². The van der Waals surface area contributed by atoms with Crippen LogP contribution in [0.3, 0.4) is 0 Å². The zero-order valence-electron chi connectivity index (χ0n) is 9.68. The lowest BCUT2D eigenvalue weighted by Crippen LogP contribution is -2.08. The van der Waals surface area contributed by atoms with Gasteiger partial charge in [-0.05, 0) is 12.5 Å². The molecule has 0 saturated carbocycles. The fourth-order valence-corrected chi connectivity index (χ4v) is 1.82. The Kier molecular flexibility index (Phi) is 5.48. The lowest BCUT2D eigenvalue weighted by atomic mass is 10.3. The van der Waals surface area contributed by atoms with Crippen molar-refractivity contribution in [3.05, 3.63) is 40.6 Å². The number of pyridine rings is 1. The summed E-state index contributed by atoms with van der Waals surface area (Å²) in [5.74, 6) is 2.07. The second-order valence-electron chi connectivity index (χ2n) is 3.43. The molecule has 0 spiro atoms. The molecule has 0 bridgehead atoms. The Morgan fingerprint density at radius 2 is 2.47 bits per heavy atom. The third kappa shape index (κ3) is 4.44. The van der Waals surface area contributed by atoms with E-state index < -0.39 is 4.92 Å². The Balaban J connectivity index is 2.58. The molecule has 0 aliphatic carbocycles. The topological polar surface area (TPSA) is 68.1 Å². The first-order valence-electron chi connectivity index (χ1n) is 5.18. The summed E-state index contributed by atoms with van der Waals surface area (Å²) in [4.78, 5) is 14.4. The molecule has 92 valence electrons. The van der Waals surface area contributed by atoms with E-state index in [-0.39, 0.29) is 5.69 Å². The van der Waals surface area contributed by atoms with Crippen molar-refractivity contribution in [2.45, 2.75) is 6.92 Å². The summed E-state index contributed by atoms with van der Waals surface area (Å²) in [6.45, 7) is 6.05. The molecular weight excluding hydrogens is 238 g/mol. The molecule has 0 atom stereocenters. The highest BCUT2D eigenvalue weighted by atomic mass is 32.2. The second-order valence-corrected chi connectivity index (χ2v) is 4.58. The van der Waals surface area contributed by atoms with Crippen LogP contribution >= 0.6 is 11.8 Å². The van der Waals surface area contributed by atoms with Gasteiger partial charge in [-0.25, -0.2) is 4.98 Å². The molecule has 0 aromatic carbocycles. The number of hydrogen-bond donors (Lipinski definition) is 1. The number of thioether (sulfide) groups is 1. The first kappa shape index (κ1) is 13.5. The van der Waals surface area contributed by atoms with Crippen LogP contribution in [0.15, 0.2) is 24.9 Å². The van der Waals surface area contributed by atoms with Crippen LogP contribution in [0.1, 0.15) is 5.56 Å². The summed E-state index contributed by atoms with van der Waals surface area (Å²) in [5, 5.41) is 13.8. The van der Waals surface area contributed by atoms with Crippen molar-refractivity contribution in [3.63, 3.8) is 0 Å². The van der Waals surface area contributed by atoms with E-state index in [9.17, 15) is 10.1 Å². The summed E-state index contributed by atoms with van der Waals surface area (Å²) in [7, 11) is 0.